The van der Waals surface area contributed by atoms with Crippen LogP contribution in [0.5, 0.6) is 11.6 Å². The van der Waals surface area contributed by atoms with E-state index < -0.39 is 11.5 Å². The molecule has 140 valence electrons. The van der Waals surface area contributed by atoms with Crippen molar-refractivity contribution in [2.45, 2.75) is 5.92 Å². The summed E-state index contributed by atoms with van der Waals surface area (Å²) in [6.45, 7) is 0. The zero-order chi connectivity index (χ0) is 19.8. The van der Waals surface area contributed by atoms with Gasteiger partial charge in [-0.3, -0.25) is 9.78 Å². The number of rotatable bonds is 3. The van der Waals surface area contributed by atoms with E-state index in [0.29, 0.717) is 11.5 Å². The summed E-state index contributed by atoms with van der Waals surface area (Å²) in [4.78, 5) is 17.8. The number of furan rings is 1. The number of fused-ring (bicyclic) bond motifs is 1. The number of nitrogens with zero attached hydrogens (tertiary/aromatic N) is 1. The number of benzene rings is 1. The second-order valence-corrected chi connectivity index (χ2v) is 6.41. The Labute approximate surface area is 163 Å². The number of allylic oxidation sites excluding steroid dienone is 1. The maximum Gasteiger partial charge on any atom is 0.259 e. The maximum atomic E-state index is 12.5. The number of ether oxygens (including phenoxy) is 2. The van der Waals surface area contributed by atoms with E-state index in [4.69, 9.17) is 31.8 Å². The largest absolute Gasteiger partial charge is 0.497 e. The zero-order valence-electron chi connectivity index (χ0n) is 14.6. The van der Waals surface area contributed by atoms with Gasteiger partial charge in [0.15, 0.2) is 4.77 Å². The van der Waals surface area contributed by atoms with Crippen LogP contribution < -0.4 is 20.8 Å². The van der Waals surface area contributed by atoms with Crippen molar-refractivity contribution in [3.8, 4) is 29.0 Å². The number of methoxy groups -OCH3 is 1. The van der Waals surface area contributed by atoms with E-state index in [1.165, 1.54) is 0 Å². The highest BCUT2D eigenvalue weighted by Crippen LogP contribution is 2.40. The van der Waals surface area contributed by atoms with Crippen molar-refractivity contribution in [3.05, 3.63) is 74.3 Å². The lowest BCUT2D eigenvalue weighted by atomic mass is 9.89. The Kier molecular flexibility index (Phi) is 4.25. The van der Waals surface area contributed by atoms with Gasteiger partial charge in [-0.15, -0.1) is 0 Å². The summed E-state index contributed by atoms with van der Waals surface area (Å²) in [6.07, 6.45) is 0. The Balaban J connectivity index is 1.84. The van der Waals surface area contributed by atoms with Gasteiger partial charge in [0.25, 0.3) is 5.56 Å². The molecule has 8 nitrogen and oxygen atoms in total. The molecule has 1 aliphatic rings. The highest BCUT2D eigenvalue weighted by Gasteiger charge is 2.36. The molecule has 0 spiro atoms. The zero-order valence-corrected chi connectivity index (χ0v) is 15.4. The van der Waals surface area contributed by atoms with Crippen molar-refractivity contribution in [3.63, 3.8) is 0 Å². The Hall–Kier alpha value is -3.77. The lowest BCUT2D eigenvalue weighted by Crippen LogP contribution is -2.28. The lowest BCUT2D eigenvalue weighted by Gasteiger charge is -2.23. The molecule has 1 unspecified atom stereocenters. The van der Waals surface area contributed by atoms with Crippen molar-refractivity contribution >= 4 is 12.2 Å². The SMILES string of the molecule is COc1ccc(-c2ccc(C3C(C#N)=C(N)Oc4[nH]c(=S)[nH]c(=O)c43)o2)cc1. The van der Waals surface area contributed by atoms with Crippen LogP contribution in [-0.2, 0) is 0 Å². The molecule has 3 heterocycles. The molecule has 0 radical (unpaired) electrons. The van der Waals surface area contributed by atoms with E-state index in [2.05, 4.69) is 9.97 Å². The van der Waals surface area contributed by atoms with Crippen LogP contribution in [0.25, 0.3) is 11.3 Å². The molecular formula is C19H14N4O4S. The molecule has 0 aliphatic carbocycles. The predicted octanol–water partition coefficient (Wildman–Crippen LogP) is 2.92. The summed E-state index contributed by atoms with van der Waals surface area (Å²) in [7, 11) is 1.59. The fourth-order valence-electron chi connectivity index (χ4n) is 3.09. The minimum atomic E-state index is -0.823. The summed E-state index contributed by atoms with van der Waals surface area (Å²) >= 11 is 4.98. The summed E-state index contributed by atoms with van der Waals surface area (Å²) in [5.74, 6) is 0.832. The van der Waals surface area contributed by atoms with Crippen LogP contribution in [-0.4, -0.2) is 17.1 Å². The number of nitriles is 1. The molecule has 0 bridgehead atoms. The van der Waals surface area contributed by atoms with Gasteiger partial charge in [0.1, 0.15) is 28.9 Å². The Morgan fingerprint density at radius 3 is 2.64 bits per heavy atom. The van der Waals surface area contributed by atoms with Gasteiger partial charge in [-0.2, -0.15) is 5.26 Å². The summed E-state index contributed by atoms with van der Waals surface area (Å²) < 4.78 is 16.6. The van der Waals surface area contributed by atoms with E-state index in [9.17, 15) is 10.1 Å². The highest BCUT2D eigenvalue weighted by atomic mass is 32.1. The van der Waals surface area contributed by atoms with Crippen LogP contribution in [0.3, 0.4) is 0 Å². The molecule has 1 aliphatic heterocycles. The second kappa shape index (κ2) is 6.75. The summed E-state index contributed by atoms with van der Waals surface area (Å²) in [5.41, 5.74) is 6.49. The number of nitrogens with two attached hydrogens (primary N) is 1. The standard InChI is InChI=1S/C19H14N4O4S/c1-25-10-4-2-9(3-5-10)12-6-7-13(26-12)14-11(8-20)16(21)27-18-15(14)17(24)22-19(28)23-18/h2-7,14H,21H2,1H3,(H2,22,23,24,28). The summed E-state index contributed by atoms with van der Waals surface area (Å²) in [5, 5.41) is 9.58. The van der Waals surface area contributed by atoms with Gasteiger partial charge in [0.2, 0.25) is 11.8 Å². The molecule has 4 rings (SSSR count). The van der Waals surface area contributed by atoms with E-state index in [1.54, 1.807) is 19.2 Å². The van der Waals surface area contributed by atoms with Gasteiger partial charge in [-0.05, 0) is 48.6 Å². The summed E-state index contributed by atoms with van der Waals surface area (Å²) in [6, 6.07) is 12.8. The van der Waals surface area contributed by atoms with Crippen molar-refractivity contribution < 1.29 is 13.9 Å². The molecule has 3 aromatic rings. The van der Waals surface area contributed by atoms with E-state index >= 15 is 0 Å². The smallest absolute Gasteiger partial charge is 0.259 e. The van der Waals surface area contributed by atoms with Crippen molar-refractivity contribution in [1.82, 2.24) is 9.97 Å². The van der Waals surface area contributed by atoms with E-state index in [1.807, 2.05) is 30.3 Å². The van der Waals surface area contributed by atoms with Crippen LogP contribution in [0.1, 0.15) is 17.2 Å². The average Bonchev–Trinajstić information content (AvgIpc) is 3.16. The van der Waals surface area contributed by atoms with Gasteiger partial charge in [-0.25, -0.2) is 0 Å². The average molecular weight is 394 g/mol. The van der Waals surface area contributed by atoms with Crippen molar-refractivity contribution in [2.75, 3.05) is 7.11 Å². The molecule has 0 fully saturated rings. The molecule has 1 atom stereocenters. The van der Waals surface area contributed by atoms with Gasteiger partial charge < -0.3 is 24.6 Å². The van der Waals surface area contributed by atoms with E-state index in [-0.39, 0.29) is 27.7 Å². The third-order valence-corrected chi connectivity index (χ3v) is 4.61. The van der Waals surface area contributed by atoms with Gasteiger partial charge in [-0.1, -0.05) is 0 Å². The first-order chi connectivity index (χ1) is 13.5. The molecule has 0 saturated carbocycles. The Morgan fingerprint density at radius 2 is 1.96 bits per heavy atom. The van der Waals surface area contributed by atoms with Crippen molar-refractivity contribution in [1.29, 1.82) is 5.26 Å². The number of aromatic nitrogens is 2. The third kappa shape index (κ3) is 2.86. The number of hydrogen-bond acceptors (Lipinski definition) is 7. The second-order valence-electron chi connectivity index (χ2n) is 6.01. The lowest BCUT2D eigenvalue weighted by molar-refractivity contribution is 0.366. The number of nitrogens with one attached hydrogen (secondary N) is 2. The maximum absolute atomic E-state index is 12.5. The fourth-order valence-corrected chi connectivity index (χ4v) is 3.28. The normalized spacial score (nSPS) is 15.5. The minimum absolute atomic E-state index is 0.0825. The van der Waals surface area contributed by atoms with Gasteiger partial charge in [0.05, 0.1) is 18.6 Å². The van der Waals surface area contributed by atoms with Crippen LogP contribution in [0.15, 0.2) is 57.1 Å². The van der Waals surface area contributed by atoms with Crippen LogP contribution in [0, 0.1) is 16.1 Å². The van der Waals surface area contributed by atoms with Gasteiger partial charge in [0, 0.05) is 5.56 Å². The first-order valence-corrected chi connectivity index (χ1v) is 8.61. The third-order valence-electron chi connectivity index (χ3n) is 4.40. The number of hydrogen-bond donors (Lipinski definition) is 3. The highest BCUT2D eigenvalue weighted by molar-refractivity contribution is 7.71. The monoisotopic (exact) mass is 394 g/mol. The van der Waals surface area contributed by atoms with Crippen LogP contribution in [0.4, 0.5) is 0 Å². The minimum Gasteiger partial charge on any atom is -0.497 e. The van der Waals surface area contributed by atoms with Crippen LogP contribution in [0.2, 0.25) is 0 Å². The topological polar surface area (TPSA) is 130 Å². The first-order valence-electron chi connectivity index (χ1n) is 8.20. The fraction of sp³-hybridized carbons (Fsp3) is 0.105. The first kappa shape index (κ1) is 17.6. The molecule has 2 aromatic heterocycles. The molecule has 0 saturated heterocycles. The number of aromatic amines is 2. The Bertz CT molecular complexity index is 1240. The molecule has 0 amide bonds. The Morgan fingerprint density at radius 1 is 1.21 bits per heavy atom. The quantitative estimate of drug-likeness (QED) is 0.582. The molecule has 9 heteroatoms. The molecule has 1 aromatic carbocycles. The van der Waals surface area contributed by atoms with E-state index in [0.717, 1.165) is 11.3 Å². The van der Waals surface area contributed by atoms with Crippen LogP contribution >= 0.6 is 12.2 Å². The molecule has 28 heavy (non-hydrogen) atoms. The molecular weight excluding hydrogens is 380 g/mol. The van der Waals surface area contributed by atoms with Gasteiger partial charge >= 0.3 is 0 Å². The number of H-pyrrole nitrogens is 2. The van der Waals surface area contributed by atoms with Crippen molar-refractivity contribution in [2.24, 2.45) is 5.73 Å². The predicted molar refractivity (Wildman–Crippen MR) is 102 cm³/mol. The molecule has 4 N–H and O–H groups in total.